The van der Waals surface area contributed by atoms with Crippen molar-refractivity contribution >= 4 is 11.4 Å². The monoisotopic (exact) mass is 246 g/mol. The molecular formula is C15H22N2O. The highest BCUT2D eigenvalue weighted by Gasteiger charge is 2.32. The third kappa shape index (κ3) is 1.97. The molecule has 0 aromatic heterocycles. The fraction of sp³-hybridized carbons (Fsp3) is 0.600. The number of anilines is 2. The van der Waals surface area contributed by atoms with Crippen LogP contribution in [0.15, 0.2) is 24.3 Å². The first-order chi connectivity index (χ1) is 8.77. The quantitative estimate of drug-likeness (QED) is 0.823. The summed E-state index contributed by atoms with van der Waals surface area (Å²) in [4.78, 5) is 4.74. The number of likely N-dealkylation sites (N-methyl/N-ethyl adjacent to an activating group) is 1. The summed E-state index contributed by atoms with van der Waals surface area (Å²) < 4.78 is 0. The number of aliphatic hydroxyl groups is 1. The zero-order valence-corrected chi connectivity index (χ0v) is 11.0. The van der Waals surface area contributed by atoms with Crippen LogP contribution in [0.4, 0.5) is 11.4 Å². The molecule has 0 radical (unpaired) electrons. The molecule has 0 saturated heterocycles. The second kappa shape index (κ2) is 4.81. The van der Waals surface area contributed by atoms with Gasteiger partial charge >= 0.3 is 0 Å². The van der Waals surface area contributed by atoms with E-state index in [1.807, 2.05) is 0 Å². The van der Waals surface area contributed by atoms with E-state index in [1.165, 1.54) is 24.2 Å². The molecule has 0 amide bonds. The van der Waals surface area contributed by atoms with E-state index in [0.29, 0.717) is 6.04 Å². The molecule has 98 valence electrons. The molecule has 1 aromatic rings. The summed E-state index contributed by atoms with van der Waals surface area (Å²) in [5.41, 5.74) is 2.58. The van der Waals surface area contributed by atoms with E-state index in [1.54, 1.807) is 0 Å². The zero-order valence-electron chi connectivity index (χ0n) is 11.0. The molecule has 1 fully saturated rings. The highest BCUT2D eigenvalue weighted by molar-refractivity contribution is 5.73. The molecule has 1 aliphatic heterocycles. The van der Waals surface area contributed by atoms with E-state index in [-0.39, 0.29) is 6.10 Å². The maximum atomic E-state index is 10.3. The van der Waals surface area contributed by atoms with Crippen LogP contribution in [0, 0.1) is 0 Å². The van der Waals surface area contributed by atoms with Crippen LogP contribution in [0.3, 0.4) is 0 Å². The average molecular weight is 246 g/mol. The van der Waals surface area contributed by atoms with Crippen LogP contribution in [0.1, 0.15) is 25.7 Å². The molecule has 3 nitrogen and oxygen atoms in total. The van der Waals surface area contributed by atoms with Gasteiger partial charge in [-0.05, 0) is 25.0 Å². The van der Waals surface area contributed by atoms with Crippen molar-refractivity contribution in [2.24, 2.45) is 0 Å². The summed E-state index contributed by atoms with van der Waals surface area (Å²) in [6, 6.07) is 8.87. The summed E-state index contributed by atoms with van der Waals surface area (Å²) in [5.74, 6) is 0. The molecule has 1 aromatic carbocycles. The summed E-state index contributed by atoms with van der Waals surface area (Å²) in [6.07, 6.45) is 4.34. The molecule has 18 heavy (non-hydrogen) atoms. The van der Waals surface area contributed by atoms with Crippen LogP contribution in [-0.2, 0) is 0 Å². The predicted molar refractivity (Wildman–Crippen MR) is 75.3 cm³/mol. The van der Waals surface area contributed by atoms with Crippen LogP contribution >= 0.6 is 0 Å². The molecule has 0 unspecified atom stereocenters. The summed E-state index contributed by atoms with van der Waals surface area (Å²) in [7, 11) is 2.15. The van der Waals surface area contributed by atoms with Gasteiger partial charge in [0.15, 0.2) is 0 Å². The van der Waals surface area contributed by atoms with Crippen molar-refractivity contribution < 1.29 is 5.11 Å². The van der Waals surface area contributed by atoms with Gasteiger partial charge in [-0.25, -0.2) is 0 Å². The Balaban J connectivity index is 1.91. The van der Waals surface area contributed by atoms with Crippen molar-refractivity contribution in [3.63, 3.8) is 0 Å². The van der Waals surface area contributed by atoms with Gasteiger partial charge < -0.3 is 14.9 Å². The first-order valence-corrected chi connectivity index (χ1v) is 7.02. The molecule has 1 N–H and O–H groups in total. The second-order valence-corrected chi connectivity index (χ2v) is 5.52. The van der Waals surface area contributed by atoms with Gasteiger partial charge in [0.05, 0.1) is 23.5 Å². The number of para-hydroxylation sites is 2. The fourth-order valence-corrected chi connectivity index (χ4v) is 3.33. The van der Waals surface area contributed by atoms with Crippen LogP contribution in [-0.4, -0.2) is 37.4 Å². The van der Waals surface area contributed by atoms with Crippen LogP contribution in [0.5, 0.6) is 0 Å². The third-order valence-electron chi connectivity index (χ3n) is 4.37. The van der Waals surface area contributed by atoms with Gasteiger partial charge in [0.25, 0.3) is 0 Å². The highest BCUT2D eigenvalue weighted by Crippen LogP contribution is 2.36. The second-order valence-electron chi connectivity index (χ2n) is 5.52. The van der Waals surface area contributed by atoms with Crippen LogP contribution in [0.2, 0.25) is 0 Å². The zero-order chi connectivity index (χ0) is 12.5. The Morgan fingerprint density at radius 2 is 1.78 bits per heavy atom. The van der Waals surface area contributed by atoms with Gasteiger partial charge in [-0.15, -0.1) is 0 Å². The van der Waals surface area contributed by atoms with E-state index >= 15 is 0 Å². The van der Waals surface area contributed by atoms with E-state index < -0.39 is 0 Å². The van der Waals surface area contributed by atoms with Crippen LogP contribution in [0.25, 0.3) is 0 Å². The Morgan fingerprint density at radius 1 is 1.06 bits per heavy atom. The van der Waals surface area contributed by atoms with Gasteiger partial charge in [0, 0.05) is 20.1 Å². The molecule has 1 aliphatic carbocycles. The number of rotatable bonds is 1. The van der Waals surface area contributed by atoms with Crippen molar-refractivity contribution in [3.8, 4) is 0 Å². The first-order valence-electron chi connectivity index (χ1n) is 7.02. The van der Waals surface area contributed by atoms with Crippen molar-refractivity contribution in [2.75, 3.05) is 29.9 Å². The lowest BCUT2D eigenvalue weighted by Gasteiger charge is -2.44. The van der Waals surface area contributed by atoms with Gasteiger partial charge in [0.2, 0.25) is 0 Å². The average Bonchev–Trinajstić information content (AvgIpc) is 2.41. The summed E-state index contributed by atoms with van der Waals surface area (Å²) in [6.45, 7) is 2.06. The van der Waals surface area contributed by atoms with Crippen LogP contribution < -0.4 is 9.80 Å². The number of hydrogen-bond acceptors (Lipinski definition) is 3. The molecule has 3 rings (SSSR count). The molecule has 0 spiro atoms. The number of aliphatic hydroxyl groups excluding tert-OH is 1. The first kappa shape index (κ1) is 11.8. The van der Waals surface area contributed by atoms with Crippen molar-refractivity contribution in [3.05, 3.63) is 24.3 Å². The lowest BCUT2D eigenvalue weighted by Crippen LogP contribution is -2.51. The Hall–Kier alpha value is -1.22. The molecular weight excluding hydrogens is 224 g/mol. The maximum Gasteiger partial charge on any atom is 0.0743 e. The van der Waals surface area contributed by atoms with E-state index in [2.05, 4.69) is 41.1 Å². The Kier molecular flexibility index (Phi) is 3.16. The molecule has 1 heterocycles. The number of fused-ring (bicyclic) bond motifs is 1. The predicted octanol–water partition coefficient (Wildman–Crippen LogP) is 2.25. The normalized spacial score (nSPS) is 28.1. The minimum absolute atomic E-state index is 0.157. The van der Waals surface area contributed by atoms with Crippen molar-refractivity contribution in [1.82, 2.24) is 0 Å². The van der Waals surface area contributed by atoms with Gasteiger partial charge in [-0.2, -0.15) is 0 Å². The van der Waals surface area contributed by atoms with Crippen molar-refractivity contribution in [1.29, 1.82) is 0 Å². The molecule has 3 heteroatoms. The molecule has 2 aliphatic rings. The minimum atomic E-state index is -0.157. The lowest BCUT2D eigenvalue weighted by molar-refractivity contribution is 0.104. The van der Waals surface area contributed by atoms with E-state index in [9.17, 15) is 5.11 Å². The largest absolute Gasteiger partial charge is 0.391 e. The number of benzene rings is 1. The molecule has 2 atom stereocenters. The van der Waals surface area contributed by atoms with E-state index in [4.69, 9.17) is 0 Å². The van der Waals surface area contributed by atoms with Gasteiger partial charge in [0.1, 0.15) is 0 Å². The number of nitrogens with zero attached hydrogens (tertiary/aromatic N) is 2. The fourth-order valence-electron chi connectivity index (χ4n) is 3.33. The smallest absolute Gasteiger partial charge is 0.0743 e. The SMILES string of the molecule is CN1CCN([C@@H]2CCCC[C@H]2O)c2ccccc21. The number of hydrogen-bond donors (Lipinski definition) is 1. The highest BCUT2D eigenvalue weighted by atomic mass is 16.3. The summed E-state index contributed by atoms with van der Waals surface area (Å²) in [5, 5.41) is 10.3. The standard InChI is InChI=1S/C15H22N2O/c1-16-10-11-17(13-7-3-2-6-12(13)16)14-8-4-5-9-15(14)18/h2-3,6-7,14-15,18H,4-5,8-11H2,1H3/t14-,15-/m1/s1. The lowest BCUT2D eigenvalue weighted by atomic mass is 9.90. The van der Waals surface area contributed by atoms with E-state index in [0.717, 1.165) is 25.9 Å². The van der Waals surface area contributed by atoms with Gasteiger partial charge in [-0.3, -0.25) is 0 Å². The molecule has 0 bridgehead atoms. The Morgan fingerprint density at radius 3 is 2.56 bits per heavy atom. The van der Waals surface area contributed by atoms with Gasteiger partial charge in [-0.1, -0.05) is 25.0 Å². The molecule has 1 saturated carbocycles. The topological polar surface area (TPSA) is 26.7 Å². The third-order valence-corrected chi connectivity index (χ3v) is 4.37. The Labute approximate surface area is 109 Å². The summed E-state index contributed by atoms with van der Waals surface area (Å²) >= 11 is 0. The van der Waals surface area contributed by atoms with Crippen molar-refractivity contribution in [2.45, 2.75) is 37.8 Å². The minimum Gasteiger partial charge on any atom is -0.391 e. The Bertz CT molecular complexity index is 421. The maximum absolute atomic E-state index is 10.3.